The summed E-state index contributed by atoms with van der Waals surface area (Å²) in [5.41, 5.74) is 1.86. The zero-order chi connectivity index (χ0) is 14.8. The van der Waals surface area contributed by atoms with Crippen LogP contribution in [0.1, 0.15) is 33.3 Å². The molecule has 0 atom stereocenters. The number of hydrogen-bond acceptors (Lipinski definition) is 4. The van der Waals surface area contributed by atoms with Gasteiger partial charge in [-0.1, -0.05) is 36.2 Å². The number of benzene rings is 1. The first-order chi connectivity index (χ1) is 9.36. The van der Waals surface area contributed by atoms with Crippen molar-refractivity contribution in [3.63, 3.8) is 0 Å². The van der Waals surface area contributed by atoms with Crippen molar-refractivity contribution in [1.82, 2.24) is 4.72 Å². The predicted molar refractivity (Wildman–Crippen MR) is 87.4 cm³/mol. The number of nitrogens with one attached hydrogen (secondary N) is 1. The maximum Gasteiger partial charge on any atom is 0.494 e. The van der Waals surface area contributed by atoms with Crippen molar-refractivity contribution in [2.24, 2.45) is 0 Å². The summed E-state index contributed by atoms with van der Waals surface area (Å²) in [5, 5.41) is 0. The highest BCUT2D eigenvalue weighted by Crippen LogP contribution is 2.36. The van der Waals surface area contributed by atoms with Crippen LogP contribution in [0.5, 0.6) is 0 Å². The van der Waals surface area contributed by atoms with E-state index in [1.807, 2.05) is 6.26 Å². The maximum absolute atomic E-state index is 6.05. The van der Waals surface area contributed by atoms with Crippen LogP contribution in [-0.2, 0) is 15.7 Å². The molecule has 3 nitrogen and oxygen atoms in total. The minimum absolute atomic E-state index is 0.265. The summed E-state index contributed by atoms with van der Waals surface area (Å²) >= 11 is 1.65. The fourth-order valence-corrected chi connectivity index (χ4v) is 2.42. The van der Waals surface area contributed by atoms with Gasteiger partial charge in [0.05, 0.1) is 11.2 Å². The quantitative estimate of drug-likeness (QED) is 0.513. The zero-order valence-corrected chi connectivity index (χ0v) is 13.8. The van der Waals surface area contributed by atoms with Crippen molar-refractivity contribution in [3.8, 4) is 0 Å². The standard InChI is InChI=1S/C15H24BNO2S/c1-14(2)15(3,4)19-16(18-14)13-8-6-12(7-9-13)10-11-17-20-5/h6-9,17H,10-11H2,1-5H3. The van der Waals surface area contributed by atoms with Gasteiger partial charge in [0.1, 0.15) is 0 Å². The Labute approximate surface area is 127 Å². The third kappa shape index (κ3) is 3.39. The lowest BCUT2D eigenvalue weighted by molar-refractivity contribution is 0.00578. The highest BCUT2D eigenvalue weighted by molar-refractivity contribution is 7.96. The fourth-order valence-electron chi connectivity index (χ4n) is 2.12. The topological polar surface area (TPSA) is 30.5 Å². The molecule has 1 aliphatic rings. The fraction of sp³-hybridized carbons (Fsp3) is 0.600. The summed E-state index contributed by atoms with van der Waals surface area (Å²) < 4.78 is 15.4. The molecule has 1 fully saturated rings. The van der Waals surface area contributed by atoms with Gasteiger partial charge in [-0.2, -0.15) is 0 Å². The first-order valence-electron chi connectivity index (χ1n) is 7.06. The van der Waals surface area contributed by atoms with E-state index in [2.05, 4.69) is 56.7 Å². The predicted octanol–water partition coefficient (Wildman–Crippen LogP) is 2.40. The van der Waals surface area contributed by atoms with Crippen LogP contribution in [-0.4, -0.2) is 31.1 Å². The molecule has 0 radical (unpaired) electrons. The first kappa shape index (κ1) is 15.9. The van der Waals surface area contributed by atoms with Crippen molar-refractivity contribution < 1.29 is 9.31 Å². The summed E-state index contributed by atoms with van der Waals surface area (Å²) in [7, 11) is -0.265. The molecular formula is C15H24BNO2S. The Kier molecular flexibility index (Phi) is 4.85. The van der Waals surface area contributed by atoms with E-state index in [0.29, 0.717) is 0 Å². The van der Waals surface area contributed by atoms with Gasteiger partial charge in [-0.05, 0) is 51.4 Å². The third-order valence-electron chi connectivity index (χ3n) is 4.17. The van der Waals surface area contributed by atoms with Gasteiger partial charge in [0, 0.05) is 6.54 Å². The molecule has 1 heterocycles. The molecule has 0 unspecified atom stereocenters. The first-order valence-corrected chi connectivity index (χ1v) is 8.28. The smallest absolute Gasteiger partial charge is 0.399 e. The van der Waals surface area contributed by atoms with Crippen LogP contribution >= 0.6 is 11.9 Å². The Morgan fingerprint density at radius 3 is 2.10 bits per heavy atom. The molecule has 0 aliphatic carbocycles. The van der Waals surface area contributed by atoms with Crippen molar-refractivity contribution in [2.75, 3.05) is 12.8 Å². The van der Waals surface area contributed by atoms with Gasteiger partial charge in [0.25, 0.3) is 0 Å². The highest BCUT2D eigenvalue weighted by atomic mass is 32.2. The lowest BCUT2D eigenvalue weighted by Gasteiger charge is -2.32. The summed E-state index contributed by atoms with van der Waals surface area (Å²) in [6.07, 6.45) is 3.08. The SMILES string of the molecule is CSNCCc1ccc(B2OC(C)(C)C(C)(C)O2)cc1. The second kappa shape index (κ2) is 6.10. The maximum atomic E-state index is 6.05. The van der Waals surface area contributed by atoms with Crippen LogP contribution < -0.4 is 10.2 Å². The van der Waals surface area contributed by atoms with E-state index in [4.69, 9.17) is 9.31 Å². The Hall–Kier alpha value is -0.485. The highest BCUT2D eigenvalue weighted by Gasteiger charge is 2.51. The van der Waals surface area contributed by atoms with E-state index in [9.17, 15) is 0 Å². The lowest BCUT2D eigenvalue weighted by Crippen LogP contribution is -2.41. The molecule has 0 bridgehead atoms. The minimum Gasteiger partial charge on any atom is -0.399 e. The molecule has 2 rings (SSSR count). The van der Waals surface area contributed by atoms with Gasteiger partial charge in [-0.15, -0.1) is 0 Å². The van der Waals surface area contributed by atoms with Gasteiger partial charge in [0.2, 0.25) is 0 Å². The molecule has 1 aromatic carbocycles. The molecule has 1 saturated heterocycles. The van der Waals surface area contributed by atoms with Crippen LogP contribution in [0.25, 0.3) is 0 Å². The molecule has 5 heteroatoms. The Bertz CT molecular complexity index is 432. The van der Waals surface area contributed by atoms with Crippen LogP contribution in [0.2, 0.25) is 0 Å². The Balaban J connectivity index is 2.01. The molecule has 1 aliphatic heterocycles. The molecule has 0 spiro atoms. The van der Waals surface area contributed by atoms with Crippen LogP contribution in [0.3, 0.4) is 0 Å². The molecule has 1 aromatic rings. The third-order valence-corrected chi connectivity index (χ3v) is 4.66. The van der Waals surface area contributed by atoms with E-state index in [1.54, 1.807) is 11.9 Å². The van der Waals surface area contributed by atoms with E-state index >= 15 is 0 Å². The van der Waals surface area contributed by atoms with Crippen molar-refractivity contribution >= 4 is 24.5 Å². The van der Waals surface area contributed by atoms with Crippen LogP contribution in [0, 0.1) is 0 Å². The van der Waals surface area contributed by atoms with E-state index < -0.39 is 0 Å². The van der Waals surface area contributed by atoms with Crippen molar-refractivity contribution in [3.05, 3.63) is 29.8 Å². The largest absolute Gasteiger partial charge is 0.494 e. The lowest BCUT2D eigenvalue weighted by atomic mass is 9.79. The summed E-state index contributed by atoms with van der Waals surface area (Å²) in [6.45, 7) is 9.30. The molecule has 0 amide bonds. The molecular weight excluding hydrogens is 269 g/mol. The Morgan fingerprint density at radius 1 is 1.05 bits per heavy atom. The Morgan fingerprint density at radius 2 is 1.60 bits per heavy atom. The second-order valence-electron chi connectivity index (χ2n) is 6.18. The van der Waals surface area contributed by atoms with Gasteiger partial charge < -0.3 is 9.31 Å². The normalized spacial score (nSPS) is 20.4. The summed E-state index contributed by atoms with van der Waals surface area (Å²) in [6, 6.07) is 8.53. The molecule has 110 valence electrons. The zero-order valence-electron chi connectivity index (χ0n) is 13.0. The van der Waals surface area contributed by atoms with Gasteiger partial charge in [0.15, 0.2) is 0 Å². The van der Waals surface area contributed by atoms with Crippen molar-refractivity contribution in [1.29, 1.82) is 0 Å². The van der Waals surface area contributed by atoms with E-state index in [-0.39, 0.29) is 18.3 Å². The minimum atomic E-state index is -0.279. The average molecular weight is 293 g/mol. The summed E-state index contributed by atoms with van der Waals surface area (Å²) in [4.78, 5) is 0. The molecule has 20 heavy (non-hydrogen) atoms. The van der Waals surface area contributed by atoms with E-state index in [0.717, 1.165) is 18.4 Å². The second-order valence-corrected chi connectivity index (χ2v) is 6.88. The number of hydrogen-bond donors (Lipinski definition) is 1. The number of rotatable bonds is 5. The average Bonchev–Trinajstić information content (AvgIpc) is 2.60. The molecule has 0 saturated carbocycles. The summed E-state index contributed by atoms with van der Waals surface area (Å²) in [5.74, 6) is 0. The van der Waals surface area contributed by atoms with E-state index in [1.165, 1.54) is 5.56 Å². The van der Waals surface area contributed by atoms with Gasteiger partial charge >= 0.3 is 7.12 Å². The van der Waals surface area contributed by atoms with Gasteiger partial charge in [-0.25, -0.2) is 0 Å². The molecule has 1 N–H and O–H groups in total. The monoisotopic (exact) mass is 293 g/mol. The van der Waals surface area contributed by atoms with Gasteiger partial charge in [-0.3, -0.25) is 4.72 Å². The molecule has 0 aromatic heterocycles. The van der Waals surface area contributed by atoms with Crippen LogP contribution in [0.4, 0.5) is 0 Å². The van der Waals surface area contributed by atoms with Crippen LogP contribution in [0.15, 0.2) is 24.3 Å². The van der Waals surface area contributed by atoms with Crippen molar-refractivity contribution in [2.45, 2.75) is 45.3 Å².